The summed E-state index contributed by atoms with van der Waals surface area (Å²) in [5.41, 5.74) is 1.07. The second kappa shape index (κ2) is 8.35. The first kappa shape index (κ1) is 15.4. The molecule has 0 fully saturated rings. The zero-order valence-electron chi connectivity index (χ0n) is 13.0. The van der Waals surface area contributed by atoms with E-state index < -0.39 is 0 Å². The molecule has 21 heavy (non-hydrogen) atoms. The lowest BCUT2D eigenvalue weighted by Crippen LogP contribution is -2.18. The summed E-state index contributed by atoms with van der Waals surface area (Å²) in [5.74, 6) is 1.76. The summed E-state index contributed by atoms with van der Waals surface area (Å²) in [4.78, 5) is 0. The summed E-state index contributed by atoms with van der Waals surface area (Å²) < 4.78 is 6.00. The fraction of sp³-hybridized carbons (Fsp3) is 0.368. The van der Waals surface area contributed by atoms with Crippen LogP contribution in [0.25, 0.3) is 0 Å². The molecule has 0 aliphatic rings. The van der Waals surface area contributed by atoms with Crippen LogP contribution in [0, 0.1) is 0 Å². The largest absolute Gasteiger partial charge is 0.455 e. The quantitative estimate of drug-likeness (QED) is 0.655. The maximum absolute atomic E-state index is 6.00. The summed E-state index contributed by atoms with van der Waals surface area (Å²) in [6, 6.07) is 18.6. The molecule has 0 spiro atoms. The summed E-state index contributed by atoms with van der Waals surface area (Å²) in [7, 11) is 0. The fourth-order valence-corrected chi connectivity index (χ4v) is 2.34. The highest BCUT2D eigenvalue weighted by Crippen LogP contribution is 2.30. The van der Waals surface area contributed by atoms with Crippen LogP contribution in [0.15, 0.2) is 54.6 Å². The van der Waals surface area contributed by atoms with Crippen molar-refractivity contribution in [1.82, 2.24) is 0 Å². The highest BCUT2D eigenvalue weighted by molar-refractivity contribution is 5.58. The van der Waals surface area contributed by atoms with Gasteiger partial charge in [-0.3, -0.25) is 0 Å². The van der Waals surface area contributed by atoms with Crippen LogP contribution in [-0.4, -0.2) is 6.04 Å². The Bertz CT molecular complexity index is 524. The van der Waals surface area contributed by atoms with E-state index in [4.69, 9.17) is 4.74 Å². The molecule has 2 aromatic carbocycles. The molecule has 112 valence electrons. The molecule has 0 bridgehead atoms. The number of unbranched alkanes of at least 4 members (excludes halogenated alkanes) is 1. The minimum Gasteiger partial charge on any atom is -0.455 e. The Labute approximate surface area is 128 Å². The SMILES string of the molecule is CCCCC(CC)Nc1ccccc1Oc1ccccc1. The van der Waals surface area contributed by atoms with E-state index in [1.165, 1.54) is 19.3 Å². The lowest BCUT2D eigenvalue weighted by molar-refractivity contribution is 0.482. The van der Waals surface area contributed by atoms with Gasteiger partial charge in [0, 0.05) is 6.04 Å². The summed E-state index contributed by atoms with van der Waals surface area (Å²) >= 11 is 0. The first-order valence-corrected chi connectivity index (χ1v) is 7.92. The van der Waals surface area contributed by atoms with Crippen molar-refractivity contribution >= 4 is 5.69 Å². The van der Waals surface area contributed by atoms with Crippen molar-refractivity contribution in [3.63, 3.8) is 0 Å². The van der Waals surface area contributed by atoms with Crippen molar-refractivity contribution in [3.05, 3.63) is 54.6 Å². The lowest BCUT2D eigenvalue weighted by atomic mass is 10.1. The molecular weight excluding hydrogens is 258 g/mol. The molecule has 0 aromatic heterocycles. The van der Waals surface area contributed by atoms with E-state index in [1.54, 1.807) is 0 Å². The van der Waals surface area contributed by atoms with Crippen molar-refractivity contribution in [3.8, 4) is 11.5 Å². The van der Waals surface area contributed by atoms with Crippen molar-refractivity contribution < 1.29 is 4.74 Å². The maximum Gasteiger partial charge on any atom is 0.150 e. The van der Waals surface area contributed by atoms with Gasteiger partial charge in [0.2, 0.25) is 0 Å². The molecule has 0 saturated heterocycles. The molecule has 2 aromatic rings. The summed E-state index contributed by atoms with van der Waals surface area (Å²) in [6.07, 6.45) is 4.82. The maximum atomic E-state index is 6.00. The third kappa shape index (κ3) is 4.82. The van der Waals surface area contributed by atoms with Crippen molar-refractivity contribution in [2.24, 2.45) is 0 Å². The Balaban J connectivity index is 2.09. The second-order valence-corrected chi connectivity index (χ2v) is 5.30. The van der Waals surface area contributed by atoms with E-state index in [0.29, 0.717) is 6.04 Å². The molecule has 1 N–H and O–H groups in total. The van der Waals surface area contributed by atoms with Gasteiger partial charge in [-0.05, 0) is 37.1 Å². The zero-order chi connectivity index (χ0) is 14.9. The van der Waals surface area contributed by atoms with Gasteiger partial charge in [0.05, 0.1) is 5.69 Å². The van der Waals surface area contributed by atoms with E-state index in [0.717, 1.165) is 23.6 Å². The number of anilines is 1. The van der Waals surface area contributed by atoms with Crippen LogP contribution < -0.4 is 10.1 Å². The van der Waals surface area contributed by atoms with E-state index in [2.05, 4.69) is 25.2 Å². The minimum absolute atomic E-state index is 0.505. The van der Waals surface area contributed by atoms with Gasteiger partial charge in [-0.15, -0.1) is 0 Å². The van der Waals surface area contributed by atoms with Crippen molar-refractivity contribution in [2.45, 2.75) is 45.6 Å². The number of benzene rings is 2. The molecule has 0 heterocycles. The van der Waals surface area contributed by atoms with Gasteiger partial charge in [0.15, 0.2) is 5.75 Å². The number of nitrogens with one attached hydrogen (secondary N) is 1. The number of rotatable bonds is 8. The Kier molecular flexibility index (Phi) is 6.14. The normalized spacial score (nSPS) is 11.9. The van der Waals surface area contributed by atoms with Crippen molar-refractivity contribution in [2.75, 3.05) is 5.32 Å². The monoisotopic (exact) mass is 283 g/mol. The third-order valence-electron chi connectivity index (χ3n) is 3.62. The molecule has 2 rings (SSSR count). The van der Waals surface area contributed by atoms with Crippen LogP contribution in [0.4, 0.5) is 5.69 Å². The Hall–Kier alpha value is -1.96. The number of ether oxygens (including phenoxy) is 1. The standard InChI is InChI=1S/C19H25NO/c1-3-5-11-16(4-2)20-18-14-9-10-15-19(18)21-17-12-7-6-8-13-17/h6-10,12-16,20H,3-5,11H2,1-2H3. The summed E-state index contributed by atoms with van der Waals surface area (Å²) in [5, 5.41) is 3.63. The van der Waals surface area contributed by atoms with Gasteiger partial charge in [-0.2, -0.15) is 0 Å². The van der Waals surface area contributed by atoms with Crippen LogP contribution >= 0.6 is 0 Å². The third-order valence-corrected chi connectivity index (χ3v) is 3.62. The van der Waals surface area contributed by atoms with Crippen LogP contribution in [0.3, 0.4) is 0 Å². The molecule has 0 saturated carbocycles. The predicted molar refractivity (Wildman–Crippen MR) is 90.2 cm³/mol. The van der Waals surface area contributed by atoms with Gasteiger partial charge < -0.3 is 10.1 Å². The van der Waals surface area contributed by atoms with Crippen LogP contribution in [0.2, 0.25) is 0 Å². The Morgan fingerprint density at radius 3 is 2.38 bits per heavy atom. The second-order valence-electron chi connectivity index (χ2n) is 5.30. The van der Waals surface area contributed by atoms with Crippen LogP contribution in [0.5, 0.6) is 11.5 Å². The van der Waals surface area contributed by atoms with Gasteiger partial charge in [-0.1, -0.05) is 57.0 Å². The van der Waals surface area contributed by atoms with E-state index in [9.17, 15) is 0 Å². The smallest absolute Gasteiger partial charge is 0.150 e. The predicted octanol–water partition coefficient (Wildman–Crippen LogP) is 5.86. The average Bonchev–Trinajstić information content (AvgIpc) is 2.54. The molecule has 1 unspecified atom stereocenters. The van der Waals surface area contributed by atoms with Crippen LogP contribution in [-0.2, 0) is 0 Å². The van der Waals surface area contributed by atoms with Gasteiger partial charge >= 0.3 is 0 Å². The lowest BCUT2D eigenvalue weighted by Gasteiger charge is -2.20. The molecular formula is C19H25NO. The molecule has 0 aliphatic carbocycles. The molecule has 0 amide bonds. The van der Waals surface area contributed by atoms with Gasteiger partial charge in [0.25, 0.3) is 0 Å². The fourth-order valence-electron chi connectivity index (χ4n) is 2.34. The molecule has 2 heteroatoms. The Morgan fingerprint density at radius 1 is 0.952 bits per heavy atom. The topological polar surface area (TPSA) is 21.3 Å². The van der Waals surface area contributed by atoms with Gasteiger partial charge in [-0.25, -0.2) is 0 Å². The molecule has 0 radical (unpaired) electrons. The minimum atomic E-state index is 0.505. The van der Waals surface area contributed by atoms with E-state index in [-0.39, 0.29) is 0 Å². The zero-order valence-corrected chi connectivity index (χ0v) is 13.0. The number of hydrogen-bond acceptors (Lipinski definition) is 2. The first-order valence-electron chi connectivity index (χ1n) is 7.92. The highest BCUT2D eigenvalue weighted by Gasteiger charge is 2.09. The Morgan fingerprint density at radius 2 is 1.67 bits per heavy atom. The average molecular weight is 283 g/mol. The highest BCUT2D eigenvalue weighted by atomic mass is 16.5. The number of para-hydroxylation sites is 3. The van der Waals surface area contributed by atoms with E-state index in [1.807, 2.05) is 48.5 Å². The van der Waals surface area contributed by atoms with E-state index >= 15 is 0 Å². The molecule has 2 nitrogen and oxygen atoms in total. The molecule has 1 atom stereocenters. The van der Waals surface area contributed by atoms with Crippen LogP contribution in [0.1, 0.15) is 39.5 Å². The summed E-state index contributed by atoms with van der Waals surface area (Å²) in [6.45, 7) is 4.47. The first-order chi connectivity index (χ1) is 10.3. The van der Waals surface area contributed by atoms with Crippen molar-refractivity contribution in [1.29, 1.82) is 0 Å². The number of hydrogen-bond donors (Lipinski definition) is 1. The van der Waals surface area contributed by atoms with Gasteiger partial charge in [0.1, 0.15) is 5.75 Å². The molecule has 0 aliphatic heterocycles.